The summed E-state index contributed by atoms with van der Waals surface area (Å²) in [6.07, 6.45) is 1.59. The molecule has 1 N–H and O–H groups in total. The Labute approximate surface area is 163 Å². The molecule has 1 amide bonds. The summed E-state index contributed by atoms with van der Waals surface area (Å²) in [5.41, 5.74) is 2.24. The molecule has 1 aliphatic rings. The summed E-state index contributed by atoms with van der Waals surface area (Å²) in [4.78, 5) is 26.4. The molecule has 1 saturated heterocycles. The van der Waals surface area contributed by atoms with Crippen molar-refractivity contribution >= 4 is 23.5 Å². The molecule has 1 aromatic carbocycles. The molecule has 0 bridgehead atoms. The van der Waals surface area contributed by atoms with Gasteiger partial charge in [-0.1, -0.05) is 37.6 Å². The number of nitrogens with zero attached hydrogens (tertiary/aromatic N) is 3. The van der Waals surface area contributed by atoms with Crippen molar-refractivity contribution in [1.82, 2.24) is 14.7 Å². The minimum absolute atomic E-state index is 0.162. The molecule has 6 nitrogen and oxygen atoms in total. The van der Waals surface area contributed by atoms with Crippen molar-refractivity contribution in [3.63, 3.8) is 0 Å². The topological polar surface area (TPSA) is 75.4 Å². The summed E-state index contributed by atoms with van der Waals surface area (Å²) in [5.74, 6) is -1.53. The Hall–Kier alpha value is -2.34. The van der Waals surface area contributed by atoms with E-state index in [0.717, 1.165) is 17.8 Å². The lowest BCUT2D eigenvalue weighted by Crippen LogP contribution is -2.30. The molecule has 1 fully saturated rings. The van der Waals surface area contributed by atoms with E-state index in [0.29, 0.717) is 23.0 Å². The van der Waals surface area contributed by atoms with Crippen LogP contribution in [0.15, 0.2) is 30.5 Å². The zero-order valence-corrected chi connectivity index (χ0v) is 16.5. The summed E-state index contributed by atoms with van der Waals surface area (Å²) in [6, 6.07) is 7.17. The van der Waals surface area contributed by atoms with Crippen molar-refractivity contribution in [3.05, 3.63) is 52.3 Å². The lowest BCUT2D eigenvalue weighted by Gasteiger charge is -2.17. The van der Waals surface area contributed by atoms with Gasteiger partial charge in [0.25, 0.3) is 5.91 Å². The Morgan fingerprint density at radius 2 is 1.93 bits per heavy atom. The van der Waals surface area contributed by atoms with Gasteiger partial charge in [-0.2, -0.15) is 5.10 Å². The maximum absolute atomic E-state index is 13.0. The second kappa shape index (κ2) is 7.72. The van der Waals surface area contributed by atoms with E-state index in [1.807, 2.05) is 23.7 Å². The minimum atomic E-state index is -0.891. The average molecular weight is 390 g/mol. The molecular formula is C20H24ClN3O3. The number of hydrogen-bond acceptors (Lipinski definition) is 3. The molecule has 1 aliphatic heterocycles. The molecule has 0 spiro atoms. The van der Waals surface area contributed by atoms with Gasteiger partial charge in [-0.15, -0.1) is 0 Å². The molecule has 0 saturated carbocycles. The van der Waals surface area contributed by atoms with E-state index in [9.17, 15) is 14.7 Å². The Morgan fingerprint density at radius 3 is 2.52 bits per heavy atom. The highest BCUT2D eigenvalue weighted by molar-refractivity contribution is 6.30. The van der Waals surface area contributed by atoms with Crippen LogP contribution in [0, 0.1) is 18.8 Å². The molecule has 27 heavy (non-hydrogen) atoms. The number of benzene rings is 1. The SMILES string of the molecule is Cc1c(C(=O)N2C[C@@H](C(=O)O)[C@H](c3ccc(Cl)cc3)C2)cnn1CC(C)C. The standard InChI is InChI=1S/C20H24ClN3O3/c1-12(2)9-24-13(3)16(8-22-24)19(25)23-10-17(18(11-23)20(26)27)14-4-6-15(21)7-5-14/h4-8,12,17-18H,9-11H2,1-3H3,(H,26,27)/t17-,18+/m0/s1. The molecule has 3 rings (SSSR count). The predicted octanol–water partition coefficient (Wildman–Crippen LogP) is 3.44. The van der Waals surface area contributed by atoms with E-state index < -0.39 is 11.9 Å². The van der Waals surface area contributed by atoms with E-state index in [-0.39, 0.29) is 18.4 Å². The molecule has 0 unspecified atom stereocenters. The maximum atomic E-state index is 13.0. The summed E-state index contributed by atoms with van der Waals surface area (Å²) in [7, 11) is 0. The zero-order chi connectivity index (χ0) is 19.7. The van der Waals surface area contributed by atoms with Crippen LogP contribution in [-0.2, 0) is 11.3 Å². The largest absolute Gasteiger partial charge is 0.481 e. The molecule has 2 aromatic rings. The number of aromatic nitrogens is 2. The highest BCUT2D eigenvalue weighted by Gasteiger charge is 2.41. The Kier molecular flexibility index (Phi) is 5.56. The van der Waals surface area contributed by atoms with Crippen LogP contribution in [-0.4, -0.2) is 44.8 Å². The number of carboxylic acid groups (broad SMARTS) is 1. The molecule has 144 valence electrons. The third-order valence-corrected chi connectivity index (χ3v) is 5.35. The van der Waals surface area contributed by atoms with Gasteiger partial charge in [-0.25, -0.2) is 0 Å². The van der Waals surface area contributed by atoms with Crippen LogP contribution >= 0.6 is 11.6 Å². The monoisotopic (exact) mass is 389 g/mol. The van der Waals surface area contributed by atoms with Crippen LogP contribution in [0.1, 0.15) is 41.4 Å². The number of carboxylic acids is 1. The van der Waals surface area contributed by atoms with Crippen LogP contribution < -0.4 is 0 Å². The predicted molar refractivity (Wildman–Crippen MR) is 103 cm³/mol. The highest BCUT2D eigenvalue weighted by atomic mass is 35.5. The number of halogens is 1. The Morgan fingerprint density at radius 1 is 1.26 bits per heavy atom. The lowest BCUT2D eigenvalue weighted by atomic mass is 9.89. The van der Waals surface area contributed by atoms with Crippen LogP contribution in [0.5, 0.6) is 0 Å². The third kappa shape index (κ3) is 4.00. The second-order valence-corrected chi connectivity index (χ2v) is 7.97. The maximum Gasteiger partial charge on any atom is 0.308 e. The number of aliphatic carboxylic acids is 1. The van der Waals surface area contributed by atoms with Gasteiger partial charge in [-0.3, -0.25) is 14.3 Å². The minimum Gasteiger partial charge on any atom is -0.481 e. The fourth-order valence-corrected chi connectivity index (χ4v) is 3.75. The summed E-state index contributed by atoms with van der Waals surface area (Å²) < 4.78 is 1.83. The van der Waals surface area contributed by atoms with Crippen molar-refractivity contribution in [3.8, 4) is 0 Å². The van der Waals surface area contributed by atoms with Crippen molar-refractivity contribution in [2.75, 3.05) is 13.1 Å². The lowest BCUT2D eigenvalue weighted by molar-refractivity contribution is -0.141. The molecule has 2 heterocycles. The first kappa shape index (κ1) is 19.4. The summed E-state index contributed by atoms with van der Waals surface area (Å²) in [6.45, 7) is 7.37. The molecule has 0 aliphatic carbocycles. The van der Waals surface area contributed by atoms with Gasteiger partial charge in [0, 0.05) is 36.3 Å². The molecule has 2 atom stereocenters. The number of rotatable bonds is 5. The van der Waals surface area contributed by atoms with Crippen molar-refractivity contribution in [2.24, 2.45) is 11.8 Å². The van der Waals surface area contributed by atoms with E-state index in [2.05, 4.69) is 18.9 Å². The van der Waals surface area contributed by atoms with Gasteiger partial charge in [0.05, 0.1) is 17.7 Å². The van der Waals surface area contributed by atoms with Gasteiger partial charge >= 0.3 is 5.97 Å². The summed E-state index contributed by atoms with van der Waals surface area (Å²) in [5, 5.41) is 14.6. The average Bonchev–Trinajstić information content (AvgIpc) is 3.20. The third-order valence-electron chi connectivity index (χ3n) is 5.09. The number of hydrogen-bond donors (Lipinski definition) is 1. The van der Waals surface area contributed by atoms with Crippen molar-refractivity contribution < 1.29 is 14.7 Å². The van der Waals surface area contributed by atoms with E-state index in [1.54, 1.807) is 23.2 Å². The van der Waals surface area contributed by atoms with Gasteiger partial charge < -0.3 is 10.0 Å². The fraction of sp³-hybridized carbons (Fsp3) is 0.450. The van der Waals surface area contributed by atoms with Crippen molar-refractivity contribution in [1.29, 1.82) is 0 Å². The van der Waals surface area contributed by atoms with E-state index >= 15 is 0 Å². The number of carbonyl (C=O) groups is 2. The number of likely N-dealkylation sites (tertiary alicyclic amines) is 1. The Balaban J connectivity index is 1.83. The number of carbonyl (C=O) groups excluding carboxylic acids is 1. The first-order valence-corrected chi connectivity index (χ1v) is 9.45. The van der Waals surface area contributed by atoms with Crippen LogP contribution in [0.4, 0.5) is 0 Å². The van der Waals surface area contributed by atoms with Crippen molar-refractivity contribution in [2.45, 2.75) is 33.2 Å². The first-order valence-electron chi connectivity index (χ1n) is 9.08. The normalized spacial score (nSPS) is 19.7. The highest BCUT2D eigenvalue weighted by Crippen LogP contribution is 2.34. The van der Waals surface area contributed by atoms with Crippen LogP contribution in [0.2, 0.25) is 5.02 Å². The quantitative estimate of drug-likeness (QED) is 0.849. The fourth-order valence-electron chi connectivity index (χ4n) is 3.62. The van der Waals surface area contributed by atoms with Crippen LogP contribution in [0.25, 0.3) is 0 Å². The molecule has 0 radical (unpaired) electrons. The van der Waals surface area contributed by atoms with Gasteiger partial charge in [0.1, 0.15) is 0 Å². The first-order chi connectivity index (χ1) is 12.8. The second-order valence-electron chi connectivity index (χ2n) is 7.53. The molecular weight excluding hydrogens is 366 g/mol. The van der Waals surface area contributed by atoms with E-state index in [4.69, 9.17) is 11.6 Å². The van der Waals surface area contributed by atoms with E-state index in [1.165, 1.54) is 0 Å². The van der Waals surface area contributed by atoms with Gasteiger partial charge in [-0.05, 0) is 30.5 Å². The van der Waals surface area contributed by atoms with Gasteiger partial charge in [0.2, 0.25) is 0 Å². The van der Waals surface area contributed by atoms with Crippen LogP contribution in [0.3, 0.4) is 0 Å². The smallest absolute Gasteiger partial charge is 0.308 e. The number of amides is 1. The summed E-state index contributed by atoms with van der Waals surface area (Å²) >= 11 is 5.94. The Bertz CT molecular complexity index is 845. The molecule has 7 heteroatoms. The zero-order valence-electron chi connectivity index (χ0n) is 15.7. The molecule has 1 aromatic heterocycles. The van der Waals surface area contributed by atoms with Gasteiger partial charge in [0.15, 0.2) is 0 Å².